The highest BCUT2D eigenvalue weighted by Gasteiger charge is 2.34. The summed E-state index contributed by atoms with van der Waals surface area (Å²) in [5.74, 6) is -0.273. The van der Waals surface area contributed by atoms with Gasteiger partial charge in [0.05, 0.1) is 23.5 Å². The quantitative estimate of drug-likeness (QED) is 0.601. The van der Waals surface area contributed by atoms with Gasteiger partial charge in [-0.25, -0.2) is 4.99 Å². The SMILES string of the molecule is O=C1C(=Nc2ccc(C(F)(F)F)cc2)c2ccccc2N1Cc1ccccc1. The Morgan fingerprint density at radius 3 is 2.14 bits per heavy atom. The van der Waals surface area contributed by atoms with Crippen LogP contribution in [0.1, 0.15) is 16.7 Å². The average molecular weight is 380 g/mol. The summed E-state index contributed by atoms with van der Waals surface area (Å²) >= 11 is 0. The normalized spacial score (nSPS) is 15.2. The number of hydrogen-bond donors (Lipinski definition) is 0. The van der Waals surface area contributed by atoms with Crippen LogP contribution in [0.5, 0.6) is 0 Å². The first kappa shape index (κ1) is 18.0. The zero-order valence-corrected chi connectivity index (χ0v) is 14.6. The van der Waals surface area contributed by atoms with Gasteiger partial charge in [0, 0.05) is 5.56 Å². The first-order chi connectivity index (χ1) is 13.4. The molecule has 140 valence electrons. The van der Waals surface area contributed by atoms with E-state index in [1.54, 1.807) is 17.0 Å². The lowest BCUT2D eigenvalue weighted by Gasteiger charge is -2.16. The summed E-state index contributed by atoms with van der Waals surface area (Å²) < 4.78 is 38.2. The molecule has 3 aromatic carbocycles. The number of halogens is 3. The number of hydrogen-bond acceptors (Lipinski definition) is 2. The highest BCUT2D eigenvalue weighted by Crippen LogP contribution is 2.33. The van der Waals surface area contributed by atoms with Crippen molar-refractivity contribution in [2.75, 3.05) is 4.90 Å². The van der Waals surface area contributed by atoms with Crippen LogP contribution in [0.3, 0.4) is 0 Å². The van der Waals surface area contributed by atoms with E-state index in [9.17, 15) is 18.0 Å². The van der Waals surface area contributed by atoms with Gasteiger partial charge in [-0.05, 0) is 35.9 Å². The van der Waals surface area contributed by atoms with Crippen molar-refractivity contribution in [1.29, 1.82) is 0 Å². The van der Waals surface area contributed by atoms with Gasteiger partial charge < -0.3 is 4.90 Å². The number of rotatable bonds is 3. The standard InChI is InChI=1S/C22H15F3N2O/c23-22(24,25)16-10-12-17(13-11-16)26-20-18-8-4-5-9-19(18)27(21(20)28)14-15-6-2-1-3-7-15/h1-13H,14H2. The van der Waals surface area contributed by atoms with E-state index in [-0.39, 0.29) is 11.6 Å². The minimum absolute atomic E-state index is 0.228. The van der Waals surface area contributed by atoms with Crippen LogP contribution in [0.25, 0.3) is 0 Å². The lowest BCUT2D eigenvalue weighted by molar-refractivity contribution is -0.137. The summed E-state index contributed by atoms with van der Waals surface area (Å²) in [5.41, 5.74) is 2.16. The van der Waals surface area contributed by atoms with Crippen LogP contribution in [-0.4, -0.2) is 11.6 Å². The lowest BCUT2D eigenvalue weighted by atomic mass is 10.1. The van der Waals surface area contributed by atoms with Crippen molar-refractivity contribution in [3.8, 4) is 0 Å². The Labute approximate surface area is 159 Å². The Balaban J connectivity index is 1.70. The van der Waals surface area contributed by atoms with E-state index in [0.717, 1.165) is 23.4 Å². The second-order valence-electron chi connectivity index (χ2n) is 6.40. The van der Waals surface area contributed by atoms with Gasteiger partial charge in [-0.2, -0.15) is 13.2 Å². The highest BCUT2D eigenvalue weighted by molar-refractivity contribution is 6.54. The second kappa shape index (κ2) is 6.96. The molecule has 0 fully saturated rings. The maximum absolute atomic E-state index is 13.0. The Kier molecular flexibility index (Phi) is 4.47. The number of nitrogens with zero attached hydrogens (tertiary/aromatic N) is 2. The third kappa shape index (κ3) is 3.41. The Morgan fingerprint density at radius 1 is 0.821 bits per heavy atom. The summed E-state index contributed by atoms with van der Waals surface area (Å²) in [5, 5.41) is 0. The number of fused-ring (bicyclic) bond motifs is 1. The molecule has 1 heterocycles. The molecule has 0 spiro atoms. The molecular formula is C22H15F3N2O. The zero-order valence-electron chi connectivity index (χ0n) is 14.6. The van der Waals surface area contributed by atoms with E-state index < -0.39 is 11.7 Å². The first-order valence-corrected chi connectivity index (χ1v) is 8.64. The van der Waals surface area contributed by atoms with Gasteiger partial charge in [0.1, 0.15) is 5.71 Å². The van der Waals surface area contributed by atoms with Crippen LogP contribution < -0.4 is 4.90 Å². The fraction of sp³-hybridized carbons (Fsp3) is 0.0909. The van der Waals surface area contributed by atoms with Gasteiger partial charge in [-0.1, -0.05) is 48.5 Å². The molecular weight excluding hydrogens is 365 g/mol. The molecule has 28 heavy (non-hydrogen) atoms. The molecule has 0 aromatic heterocycles. The number of carbonyl (C=O) groups excluding carboxylic acids is 1. The molecule has 1 aliphatic rings. The number of anilines is 1. The van der Waals surface area contributed by atoms with Crippen LogP contribution in [-0.2, 0) is 17.5 Å². The Hall–Kier alpha value is -3.41. The molecule has 1 aliphatic heterocycles. The van der Waals surface area contributed by atoms with Crippen molar-refractivity contribution in [3.63, 3.8) is 0 Å². The maximum Gasteiger partial charge on any atom is 0.416 e. The molecule has 3 nitrogen and oxygen atoms in total. The number of benzene rings is 3. The van der Waals surface area contributed by atoms with Gasteiger partial charge in [0.2, 0.25) is 0 Å². The maximum atomic E-state index is 13.0. The van der Waals surface area contributed by atoms with E-state index in [1.807, 2.05) is 42.5 Å². The predicted octanol–water partition coefficient (Wildman–Crippen LogP) is 5.37. The fourth-order valence-corrected chi connectivity index (χ4v) is 3.15. The van der Waals surface area contributed by atoms with E-state index in [0.29, 0.717) is 17.8 Å². The largest absolute Gasteiger partial charge is 0.416 e. The van der Waals surface area contributed by atoms with Crippen molar-refractivity contribution in [1.82, 2.24) is 0 Å². The molecule has 0 aliphatic carbocycles. The first-order valence-electron chi connectivity index (χ1n) is 8.64. The number of aliphatic imine (C=N–C) groups is 1. The van der Waals surface area contributed by atoms with Crippen LogP contribution >= 0.6 is 0 Å². The molecule has 0 saturated carbocycles. The predicted molar refractivity (Wildman–Crippen MR) is 102 cm³/mol. The second-order valence-corrected chi connectivity index (χ2v) is 6.40. The van der Waals surface area contributed by atoms with Gasteiger partial charge in [0.25, 0.3) is 5.91 Å². The fourth-order valence-electron chi connectivity index (χ4n) is 3.15. The van der Waals surface area contributed by atoms with E-state index >= 15 is 0 Å². The highest BCUT2D eigenvalue weighted by atomic mass is 19.4. The molecule has 0 bridgehead atoms. The minimum atomic E-state index is -4.41. The zero-order chi connectivity index (χ0) is 19.7. The van der Waals surface area contributed by atoms with Crippen molar-refractivity contribution in [3.05, 3.63) is 95.6 Å². The van der Waals surface area contributed by atoms with Crippen LogP contribution in [0, 0.1) is 0 Å². The molecule has 0 radical (unpaired) electrons. The summed E-state index contributed by atoms with van der Waals surface area (Å²) in [6, 6.07) is 21.3. The summed E-state index contributed by atoms with van der Waals surface area (Å²) in [7, 11) is 0. The molecule has 0 unspecified atom stereocenters. The van der Waals surface area contributed by atoms with E-state index in [4.69, 9.17) is 0 Å². The number of amides is 1. The van der Waals surface area contributed by atoms with Crippen molar-refractivity contribution in [2.24, 2.45) is 4.99 Å². The average Bonchev–Trinajstić information content (AvgIpc) is 2.95. The third-order valence-corrected chi connectivity index (χ3v) is 4.52. The Bertz CT molecular complexity index is 1040. The summed E-state index contributed by atoms with van der Waals surface area (Å²) in [6.07, 6.45) is -4.41. The molecule has 4 rings (SSSR count). The summed E-state index contributed by atoms with van der Waals surface area (Å²) in [6.45, 7) is 0.392. The molecule has 6 heteroatoms. The van der Waals surface area contributed by atoms with Crippen molar-refractivity contribution >= 4 is 23.0 Å². The van der Waals surface area contributed by atoms with Crippen molar-refractivity contribution in [2.45, 2.75) is 12.7 Å². The monoisotopic (exact) mass is 380 g/mol. The molecule has 3 aromatic rings. The van der Waals surface area contributed by atoms with Crippen LogP contribution in [0.2, 0.25) is 0 Å². The van der Waals surface area contributed by atoms with Gasteiger partial charge >= 0.3 is 6.18 Å². The van der Waals surface area contributed by atoms with Gasteiger partial charge in [-0.3, -0.25) is 4.79 Å². The minimum Gasteiger partial charge on any atom is -0.302 e. The van der Waals surface area contributed by atoms with Crippen molar-refractivity contribution < 1.29 is 18.0 Å². The topological polar surface area (TPSA) is 32.7 Å². The number of para-hydroxylation sites is 1. The van der Waals surface area contributed by atoms with Gasteiger partial charge in [-0.15, -0.1) is 0 Å². The molecule has 0 saturated heterocycles. The van der Waals surface area contributed by atoms with E-state index in [2.05, 4.69) is 4.99 Å². The summed E-state index contributed by atoms with van der Waals surface area (Å²) in [4.78, 5) is 19.0. The number of carbonyl (C=O) groups is 1. The number of alkyl halides is 3. The molecule has 0 N–H and O–H groups in total. The van der Waals surface area contributed by atoms with Gasteiger partial charge in [0.15, 0.2) is 0 Å². The Morgan fingerprint density at radius 2 is 1.46 bits per heavy atom. The lowest BCUT2D eigenvalue weighted by Crippen LogP contribution is -2.29. The smallest absolute Gasteiger partial charge is 0.302 e. The molecule has 1 amide bonds. The van der Waals surface area contributed by atoms with Crippen LogP contribution in [0.15, 0.2) is 83.9 Å². The molecule has 0 atom stereocenters. The van der Waals surface area contributed by atoms with Crippen LogP contribution in [0.4, 0.5) is 24.5 Å². The third-order valence-electron chi connectivity index (χ3n) is 4.52. The van der Waals surface area contributed by atoms with E-state index in [1.165, 1.54) is 12.1 Å².